The van der Waals surface area contributed by atoms with Crippen molar-refractivity contribution < 1.29 is 22.3 Å². The molecule has 2 aliphatic rings. The minimum absolute atomic E-state index is 0.0138. The molecule has 0 bridgehead atoms. The van der Waals surface area contributed by atoms with Crippen molar-refractivity contribution in [2.75, 3.05) is 28.0 Å². The third-order valence-electron chi connectivity index (χ3n) is 5.24. The molecule has 2 aromatic rings. The average Bonchev–Trinajstić information content (AvgIpc) is 2.66. The van der Waals surface area contributed by atoms with Gasteiger partial charge in [-0.3, -0.25) is 9.52 Å². The third kappa shape index (κ3) is 4.27. The van der Waals surface area contributed by atoms with Gasteiger partial charge in [0.15, 0.2) is 0 Å². The molecule has 2 heterocycles. The number of halogens is 1. The molecule has 0 aliphatic carbocycles. The van der Waals surface area contributed by atoms with Gasteiger partial charge in [0, 0.05) is 31.3 Å². The quantitative estimate of drug-likeness (QED) is 0.774. The topological polar surface area (TPSA) is 87.7 Å². The van der Waals surface area contributed by atoms with E-state index in [-0.39, 0.29) is 28.7 Å². The second-order valence-corrected chi connectivity index (χ2v) is 9.48. The minimum atomic E-state index is -3.90. The number of rotatable bonds is 4. The molecule has 0 aromatic heterocycles. The molecule has 9 heteroatoms. The molecule has 2 N–H and O–H groups in total. The number of hydrogen-bond donors (Lipinski definition) is 2. The average molecular weight is 434 g/mol. The number of carbonyl (C=O) groups excluding carboxylic acids is 1. The zero-order chi connectivity index (χ0) is 21.5. The van der Waals surface area contributed by atoms with Crippen LogP contribution in [-0.4, -0.2) is 39.6 Å². The summed E-state index contributed by atoms with van der Waals surface area (Å²) in [5, 5.41) is 2.72. The van der Waals surface area contributed by atoms with E-state index in [1.165, 1.54) is 12.1 Å². The van der Waals surface area contributed by atoms with Crippen molar-refractivity contribution in [3.63, 3.8) is 0 Å². The van der Waals surface area contributed by atoms with Crippen LogP contribution in [0.4, 0.5) is 21.5 Å². The number of fused-ring (bicyclic) bond motifs is 1. The van der Waals surface area contributed by atoms with Gasteiger partial charge in [-0.15, -0.1) is 0 Å². The highest BCUT2D eigenvalue weighted by Gasteiger charge is 2.25. The minimum Gasteiger partial charge on any atom is -0.372 e. The van der Waals surface area contributed by atoms with Crippen LogP contribution >= 0.6 is 0 Å². The Balaban J connectivity index is 1.54. The van der Waals surface area contributed by atoms with E-state index < -0.39 is 15.8 Å². The van der Waals surface area contributed by atoms with E-state index >= 15 is 0 Å². The van der Waals surface area contributed by atoms with Crippen molar-refractivity contribution in [1.29, 1.82) is 0 Å². The standard InChI is InChI=1S/C21H24FN3O4S/c1-13-11-25(12-14(2)29-13)20-7-4-16(10-18(20)22)24-30(27,28)17-5-6-19-15(9-17)3-8-21(26)23-19/h4-7,9-10,13-14,24H,3,8,11-12H2,1-2H3,(H,23,26). The lowest BCUT2D eigenvalue weighted by Crippen LogP contribution is -2.45. The molecular weight excluding hydrogens is 409 g/mol. The fourth-order valence-electron chi connectivity index (χ4n) is 3.94. The summed E-state index contributed by atoms with van der Waals surface area (Å²) in [7, 11) is -3.90. The van der Waals surface area contributed by atoms with Crippen molar-refractivity contribution in [3.05, 3.63) is 47.8 Å². The maximum atomic E-state index is 14.8. The van der Waals surface area contributed by atoms with Gasteiger partial charge < -0.3 is 15.0 Å². The highest BCUT2D eigenvalue weighted by atomic mass is 32.2. The Morgan fingerprint density at radius 3 is 2.53 bits per heavy atom. The van der Waals surface area contributed by atoms with Crippen LogP contribution < -0.4 is 14.9 Å². The van der Waals surface area contributed by atoms with Gasteiger partial charge in [-0.05, 0) is 56.2 Å². The maximum absolute atomic E-state index is 14.8. The summed E-state index contributed by atoms with van der Waals surface area (Å²) in [6.45, 7) is 5.01. The molecule has 2 aromatic carbocycles. The summed E-state index contributed by atoms with van der Waals surface area (Å²) in [4.78, 5) is 13.4. The molecule has 4 rings (SSSR count). The van der Waals surface area contributed by atoms with Crippen LogP contribution in [0.3, 0.4) is 0 Å². The number of hydrogen-bond acceptors (Lipinski definition) is 5. The number of nitrogens with one attached hydrogen (secondary N) is 2. The van der Waals surface area contributed by atoms with Crippen LogP contribution in [0.1, 0.15) is 25.8 Å². The third-order valence-corrected chi connectivity index (χ3v) is 6.62. The molecule has 1 fully saturated rings. The monoisotopic (exact) mass is 433 g/mol. The van der Waals surface area contributed by atoms with E-state index in [4.69, 9.17) is 4.74 Å². The van der Waals surface area contributed by atoms with Gasteiger partial charge >= 0.3 is 0 Å². The smallest absolute Gasteiger partial charge is 0.261 e. The molecule has 0 radical (unpaired) electrons. The number of morpholine rings is 1. The largest absolute Gasteiger partial charge is 0.372 e. The van der Waals surface area contributed by atoms with Crippen molar-refractivity contribution in [2.45, 2.75) is 43.8 Å². The van der Waals surface area contributed by atoms with Crippen LogP contribution in [0.2, 0.25) is 0 Å². The Kier molecular flexibility index (Phi) is 5.42. The molecule has 1 amide bonds. The molecule has 2 atom stereocenters. The molecule has 160 valence electrons. The number of anilines is 3. The number of amides is 1. The Morgan fingerprint density at radius 1 is 1.10 bits per heavy atom. The number of benzene rings is 2. The Bertz CT molecular complexity index is 1080. The first-order chi connectivity index (χ1) is 14.2. The first kappa shape index (κ1) is 20.6. The Labute approximate surface area is 175 Å². The number of nitrogens with zero attached hydrogens (tertiary/aromatic N) is 1. The second kappa shape index (κ2) is 7.88. The summed E-state index contributed by atoms with van der Waals surface area (Å²) in [6, 6.07) is 8.87. The summed E-state index contributed by atoms with van der Waals surface area (Å²) >= 11 is 0. The van der Waals surface area contributed by atoms with E-state index in [1.54, 1.807) is 24.3 Å². The van der Waals surface area contributed by atoms with Crippen LogP contribution in [0.5, 0.6) is 0 Å². The molecule has 2 unspecified atom stereocenters. The lowest BCUT2D eigenvalue weighted by Gasteiger charge is -2.37. The predicted octanol–water partition coefficient (Wildman–Crippen LogP) is 3.12. The zero-order valence-corrected chi connectivity index (χ0v) is 17.6. The lowest BCUT2D eigenvalue weighted by molar-refractivity contribution is -0.116. The van der Waals surface area contributed by atoms with Gasteiger partial charge in [-0.1, -0.05) is 0 Å². The second-order valence-electron chi connectivity index (χ2n) is 7.80. The zero-order valence-electron chi connectivity index (χ0n) is 16.8. The van der Waals surface area contributed by atoms with Gasteiger partial charge in [-0.2, -0.15) is 0 Å². The van der Waals surface area contributed by atoms with E-state index in [1.807, 2.05) is 18.7 Å². The van der Waals surface area contributed by atoms with Crippen LogP contribution in [0.15, 0.2) is 41.3 Å². The fraction of sp³-hybridized carbons (Fsp3) is 0.381. The summed E-state index contributed by atoms with van der Waals surface area (Å²) in [6.07, 6.45) is 0.764. The predicted molar refractivity (Wildman–Crippen MR) is 113 cm³/mol. The van der Waals surface area contributed by atoms with E-state index in [9.17, 15) is 17.6 Å². The number of ether oxygens (including phenoxy) is 1. The first-order valence-electron chi connectivity index (χ1n) is 9.87. The van der Waals surface area contributed by atoms with Crippen LogP contribution in [0.25, 0.3) is 0 Å². The molecule has 0 saturated carbocycles. The lowest BCUT2D eigenvalue weighted by atomic mass is 10.0. The molecule has 1 saturated heterocycles. The normalized spacial score (nSPS) is 21.7. The van der Waals surface area contributed by atoms with Gasteiger partial charge in [-0.25, -0.2) is 12.8 Å². The van der Waals surface area contributed by atoms with E-state index in [2.05, 4.69) is 10.0 Å². The number of sulfonamides is 1. The van der Waals surface area contributed by atoms with Crippen LogP contribution in [-0.2, 0) is 26.0 Å². The van der Waals surface area contributed by atoms with Gasteiger partial charge in [0.05, 0.1) is 28.5 Å². The van der Waals surface area contributed by atoms with Crippen molar-refractivity contribution >= 4 is 33.0 Å². The maximum Gasteiger partial charge on any atom is 0.261 e. The van der Waals surface area contributed by atoms with Crippen LogP contribution in [0, 0.1) is 5.82 Å². The SMILES string of the molecule is CC1CN(c2ccc(NS(=O)(=O)c3ccc4c(c3)CCC(=O)N4)cc2F)CC(C)O1. The van der Waals surface area contributed by atoms with Gasteiger partial charge in [0.25, 0.3) is 10.0 Å². The molecule has 2 aliphatic heterocycles. The molecule has 30 heavy (non-hydrogen) atoms. The number of aryl methyl sites for hydroxylation is 1. The summed E-state index contributed by atoms with van der Waals surface area (Å²) in [5.74, 6) is -0.583. The summed E-state index contributed by atoms with van der Waals surface area (Å²) < 4.78 is 48.5. The van der Waals surface area contributed by atoms with Gasteiger partial charge in [0.2, 0.25) is 5.91 Å². The number of carbonyl (C=O) groups is 1. The molecular formula is C21H24FN3O4S. The molecule has 0 spiro atoms. The summed E-state index contributed by atoms with van der Waals surface area (Å²) in [5.41, 5.74) is 1.95. The first-order valence-corrected chi connectivity index (χ1v) is 11.3. The highest BCUT2D eigenvalue weighted by molar-refractivity contribution is 7.92. The van der Waals surface area contributed by atoms with Gasteiger partial charge in [0.1, 0.15) is 5.82 Å². The fourth-order valence-corrected chi connectivity index (χ4v) is 5.04. The van der Waals surface area contributed by atoms with Crippen molar-refractivity contribution in [2.24, 2.45) is 0 Å². The Morgan fingerprint density at radius 2 is 1.83 bits per heavy atom. The Hall–Kier alpha value is -2.65. The molecule has 7 nitrogen and oxygen atoms in total. The van der Waals surface area contributed by atoms with E-state index in [0.717, 1.165) is 5.56 Å². The van der Waals surface area contributed by atoms with E-state index in [0.29, 0.717) is 37.3 Å². The highest BCUT2D eigenvalue weighted by Crippen LogP contribution is 2.29. The van der Waals surface area contributed by atoms with Crippen molar-refractivity contribution in [3.8, 4) is 0 Å². The van der Waals surface area contributed by atoms with Crippen molar-refractivity contribution in [1.82, 2.24) is 0 Å².